The zero-order valence-corrected chi connectivity index (χ0v) is 20.2. The smallest absolute Gasteiger partial charge is 0.250 e. The number of hydrogen-bond acceptors (Lipinski definition) is 5. The Morgan fingerprint density at radius 2 is 1.59 bits per heavy atom. The molecule has 0 radical (unpaired) electrons. The zero-order chi connectivity index (χ0) is 21.2. The van der Waals surface area contributed by atoms with Crippen LogP contribution in [-0.2, 0) is 7.59 Å². The highest BCUT2D eigenvalue weighted by atomic mass is 35.6. The third-order valence-corrected chi connectivity index (χ3v) is 6.13. The van der Waals surface area contributed by atoms with E-state index in [1.807, 2.05) is 18.2 Å². The molecular formula is C18H14Cl6N4S. The highest BCUT2D eigenvalue weighted by Gasteiger charge is 2.33. The van der Waals surface area contributed by atoms with Crippen LogP contribution in [0.1, 0.15) is 24.4 Å². The van der Waals surface area contributed by atoms with Gasteiger partial charge in [0.15, 0.2) is 17.5 Å². The van der Waals surface area contributed by atoms with E-state index in [0.29, 0.717) is 0 Å². The molecule has 0 N–H and O–H groups in total. The maximum atomic E-state index is 5.88. The Morgan fingerprint density at radius 1 is 0.966 bits per heavy atom. The second-order valence-electron chi connectivity index (χ2n) is 5.84. The minimum Gasteiger partial charge on any atom is -0.355 e. The molecule has 11 heteroatoms. The van der Waals surface area contributed by atoms with Crippen LogP contribution in [0.15, 0.2) is 47.4 Å². The van der Waals surface area contributed by atoms with Crippen LogP contribution in [0.2, 0.25) is 0 Å². The van der Waals surface area contributed by atoms with E-state index in [1.54, 1.807) is 23.9 Å². The molecule has 0 fully saturated rings. The van der Waals surface area contributed by atoms with Crippen molar-refractivity contribution in [3.05, 3.63) is 60.0 Å². The van der Waals surface area contributed by atoms with Crippen molar-refractivity contribution in [3.63, 3.8) is 0 Å². The van der Waals surface area contributed by atoms with Crippen LogP contribution in [0.3, 0.4) is 0 Å². The number of para-hydroxylation sites is 1. The van der Waals surface area contributed by atoms with Crippen molar-refractivity contribution in [2.75, 3.05) is 11.4 Å². The predicted octanol–water partition coefficient (Wildman–Crippen LogP) is 7.05. The molecule has 0 spiro atoms. The zero-order valence-electron chi connectivity index (χ0n) is 14.9. The second kappa shape index (κ2) is 9.39. The van der Waals surface area contributed by atoms with E-state index >= 15 is 0 Å². The van der Waals surface area contributed by atoms with Gasteiger partial charge in [-0.2, -0.15) is 0 Å². The van der Waals surface area contributed by atoms with E-state index in [2.05, 4.69) is 45.0 Å². The summed E-state index contributed by atoms with van der Waals surface area (Å²) in [5.41, 5.74) is 1.23. The molecule has 2 heterocycles. The molecule has 29 heavy (non-hydrogen) atoms. The maximum absolute atomic E-state index is 5.88. The molecule has 1 unspecified atom stereocenters. The number of benzene rings is 1. The Labute approximate surface area is 203 Å². The number of likely N-dealkylation sites (N-methyl/N-ethyl adjacent to an activating group) is 1. The van der Waals surface area contributed by atoms with Crippen LogP contribution in [0.25, 0.3) is 6.08 Å². The number of rotatable bonds is 4. The first-order valence-corrected chi connectivity index (χ1v) is 11.5. The molecule has 154 valence electrons. The molecule has 3 rings (SSSR count). The molecule has 0 saturated carbocycles. The summed E-state index contributed by atoms with van der Waals surface area (Å²) in [4.78, 5) is 15.7. The topological polar surface area (TPSA) is 41.9 Å². The number of halogens is 6. The minimum absolute atomic E-state index is 0.124. The van der Waals surface area contributed by atoms with Gasteiger partial charge in [-0.25, -0.2) is 15.0 Å². The summed E-state index contributed by atoms with van der Waals surface area (Å²) in [6.45, 7) is 3.02. The summed E-state index contributed by atoms with van der Waals surface area (Å²) >= 11 is 37.1. The molecule has 1 aliphatic heterocycles. The molecule has 1 aromatic heterocycles. The molecule has 4 nitrogen and oxygen atoms in total. The molecular weight excluding hydrogens is 517 g/mol. The average molecular weight is 531 g/mol. The third-order valence-electron chi connectivity index (χ3n) is 3.86. The first-order valence-electron chi connectivity index (χ1n) is 8.37. The number of thioether (sulfide) groups is 1. The summed E-state index contributed by atoms with van der Waals surface area (Å²) in [6, 6.07) is 8.32. The predicted molar refractivity (Wildman–Crippen MR) is 126 cm³/mol. The van der Waals surface area contributed by atoms with Crippen molar-refractivity contribution < 1.29 is 0 Å². The van der Waals surface area contributed by atoms with Crippen LogP contribution in [0.4, 0.5) is 5.69 Å². The number of fused-ring (bicyclic) bond motifs is 1. The number of nitrogens with zero attached hydrogens (tertiary/aromatic N) is 4. The van der Waals surface area contributed by atoms with Crippen LogP contribution in [0.5, 0.6) is 0 Å². The Balaban J connectivity index is 1.80. The maximum Gasteiger partial charge on any atom is 0.250 e. The van der Waals surface area contributed by atoms with Gasteiger partial charge in [0.1, 0.15) is 0 Å². The van der Waals surface area contributed by atoms with Crippen molar-refractivity contribution in [2.24, 2.45) is 0 Å². The quantitative estimate of drug-likeness (QED) is 0.313. The van der Waals surface area contributed by atoms with Crippen LogP contribution in [-0.4, -0.2) is 26.9 Å². The highest BCUT2D eigenvalue weighted by molar-refractivity contribution is 8.00. The fourth-order valence-corrected chi connectivity index (χ4v) is 4.43. The number of aromatic nitrogens is 3. The minimum atomic E-state index is -1.88. The van der Waals surface area contributed by atoms with E-state index < -0.39 is 7.59 Å². The SMILES string of the molecule is CCN1c2ccccc2SC1C=CC=Cc1nc(C(Cl)(Cl)Cl)nc(C(Cl)(Cl)Cl)n1. The van der Waals surface area contributed by atoms with Gasteiger partial charge in [-0.15, -0.1) is 0 Å². The van der Waals surface area contributed by atoms with E-state index in [-0.39, 0.29) is 22.8 Å². The molecule has 1 aromatic carbocycles. The Morgan fingerprint density at radius 3 is 2.17 bits per heavy atom. The molecule has 0 bridgehead atoms. The average Bonchev–Trinajstić information content (AvgIpc) is 3.01. The van der Waals surface area contributed by atoms with Crippen LogP contribution < -0.4 is 4.90 Å². The van der Waals surface area contributed by atoms with Crippen molar-refractivity contribution in [2.45, 2.75) is 24.8 Å². The first-order chi connectivity index (χ1) is 13.6. The third kappa shape index (κ3) is 5.85. The first kappa shape index (κ1) is 23.3. The molecule has 2 aromatic rings. The Hall–Kier alpha value is -0.400. The van der Waals surface area contributed by atoms with Gasteiger partial charge in [0.25, 0.3) is 0 Å². The van der Waals surface area contributed by atoms with Crippen molar-refractivity contribution >= 4 is 93.1 Å². The van der Waals surface area contributed by atoms with Crippen molar-refractivity contribution in [3.8, 4) is 0 Å². The lowest BCUT2D eigenvalue weighted by molar-refractivity contribution is 0.835. The fourth-order valence-electron chi connectivity index (χ4n) is 2.64. The number of hydrogen-bond donors (Lipinski definition) is 0. The molecule has 0 saturated heterocycles. The lowest BCUT2D eigenvalue weighted by atomic mass is 10.3. The summed E-state index contributed by atoms with van der Waals surface area (Å²) in [7, 11) is 0. The molecule has 0 aliphatic carbocycles. The van der Waals surface area contributed by atoms with E-state index in [4.69, 9.17) is 69.6 Å². The lowest BCUT2D eigenvalue weighted by Gasteiger charge is -2.22. The number of allylic oxidation sites excluding steroid dienone is 2. The van der Waals surface area contributed by atoms with Gasteiger partial charge in [-0.3, -0.25) is 0 Å². The van der Waals surface area contributed by atoms with Gasteiger partial charge in [0, 0.05) is 11.4 Å². The molecule has 0 amide bonds. The van der Waals surface area contributed by atoms with Crippen molar-refractivity contribution in [1.29, 1.82) is 0 Å². The van der Waals surface area contributed by atoms with Gasteiger partial charge in [-0.05, 0) is 25.1 Å². The summed E-state index contributed by atoms with van der Waals surface area (Å²) in [6.07, 6.45) is 7.38. The van der Waals surface area contributed by atoms with Crippen molar-refractivity contribution in [1.82, 2.24) is 15.0 Å². The second-order valence-corrected chi connectivity index (χ2v) is 11.6. The molecule has 1 atom stereocenters. The largest absolute Gasteiger partial charge is 0.355 e. The van der Waals surface area contributed by atoms with Gasteiger partial charge in [0.05, 0.1) is 11.1 Å². The summed E-state index contributed by atoms with van der Waals surface area (Å²) in [5, 5.41) is 0.189. The van der Waals surface area contributed by atoms with E-state index in [9.17, 15) is 0 Å². The van der Waals surface area contributed by atoms with E-state index in [1.165, 1.54) is 10.6 Å². The monoisotopic (exact) mass is 528 g/mol. The van der Waals surface area contributed by atoms with Gasteiger partial charge in [-0.1, -0.05) is 112 Å². The highest BCUT2D eigenvalue weighted by Crippen LogP contribution is 2.43. The van der Waals surface area contributed by atoms with Crippen LogP contribution in [0, 0.1) is 0 Å². The fraction of sp³-hybridized carbons (Fsp3) is 0.278. The van der Waals surface area contributed by atoms with Gasteiger partial charge in [0.2, 0.25) is 7.59 Å². The standard InChI is InChI=1S/C18H14Cl6N4S/c1-2-28-11-7-3-4-8-12(11)29-14(28)10-6-5-9-13-25-15(17(19,20)21)27-16(26-13)18(22,23)24/h3-10,14H,2H2,1H3. The number of anilines is 1. The number of alkyl halides is 6. The summed E-state index contributed by atoms with van der Waals surface area (Å²) in [5.74, 6) is -0.0372. The van der Waals surface area contributed by atoms with Crippen LogP contribution >= 0.6 is 81.4 Å². The Kier molecular flexibility index (Phi) is 7.54. The summed E-state index contributed by atoms with van der Waals surface area (Å²) < 4.78 is -3.75. The lowest BCUT2D eigenvalue weighted by Crippen LogP contribution is -2.27. The normalized spacial score (nSPS) is 17.5. The van der Waals surface area contributed by atoms with E-state index in [0.717, 1.165) is 6.54 Å². The van der Waals surface area contributed by atoms with Gasteiger partial charge >= 0.3 is 0 Å². The molecule has 1 aliphatic rings. The van der Waals surface area contributed by atoms with Gasteiger partial charge < -0.3 is 4.90 Å². The Bertz CT molecular complexity index is 906.